The van der Waals surface area contributed by atoms with E-state index in [9.17, 15) is 0 Å². The summed E-state index contributed by atoms with van der Waals surface area (Å²) in [5, 5.41) is 8.49. The third-order valence-electron chi connectivity index (χ3n) is 3.62. The summed E-state index contributed by atoms with van der Waals surface area (Å²) in [5.41, 5.74) is 0. The van der Waals surface area contributed by atoms with Crippen molar-refractivity contribution in [3.05, 3.63) is 11.1 Å². The highest BCUT2D eigenvalue weighted by Crippen LogP contribution is 2.51. The van der Waals surface area contributed by atoms with E-state index in [1.54, 1.807) is 0 Å². The largest absolute Gasteiger partial charge is 0.381 e. The van der Waals surface area contributed by atoms with E-state index in [1.807, 2.05) is 4.57 Å². The van der Waals surface area contributed by atoms with Gasteiger partial charge in [0.1, 0.15) is 5.82 Å². The van der Waals surface area contributed by atoms with Gasteiger partial charge in [-0.2, -0.15) is 0 Å². The normalized spacial score (nSPS) is 33.1. The average Bonchev–Trinajstić information content (AvgIpc) is 2.66. The molecule has 15 heavy (non-hydrogen) atoms. The predicted molar refractivity (Wildman–Crippen MR) is 55.7 cm³/mol. The van der Waals surface area contributed by atoms with Crippen LogP contribution in [0, 0.1) is 17.8 Å². The predicted octanol–water partition coefficient (Wildman–Crippen LogP) is 1.39. The molecular formula is C10H14ClN3O. The molecule has 2 atom stereocenters. The van der Waals surface area contributed by atoms with Crippen molar-refractivity contribution < 1.29 is 4.74 Å². The number of ether oxygens (including phenoxy) is 1. The highest BCUT2D eigenvalue weighted by atomic mass is 35.5. The Bertz CT molecular complexity index is 369. The summed E-state index contributed by atoms with van der Waals surface area (Å²) in [7, 11) is 0. The molecule has 2 heterocycles. The zero-order valence-electron chi connectivity index (χ0n) is 8.69. The third-order valence-corrected chi connectivity index (χ3v) is 3.90. The SMILES string of the molecule is CCc1nnc(Cl)n1CC1C2COCC21. The summed E-state index contributed by atoms with van der Waals surface area (Å²) in [5.74, 6) is 3.24. The van der Waals surface area contributed by atoms with Gasteiger partial charge in [0.2, 0.25) is 5.28 Å². The van der Waals surface area contributed by atoms with Crippen molar-refractivity contribution in [1.82, 2.24) is 14.8 Å². The molecule has 0 N–H and O–H groups in total. The second-order valence-corrected chi connectivity index (χ2v) is 4.72. The van der Waals surface area contributed by atoms with Crippen molar-refractivity contribution in [2.24, 2.45) is 17.8 Å². The molecule has 0 bridgehead atoms. The molecule has 1 aromatic heterocycles. The van der Waals surface area contributed by atoms with Crippen LogP contribution < -0.4 is 0 Å². The van der Waals surface area contributed by atoms with Gasteiger partial charge >= 0.3 is 0 Å². The van der Waals surface area contributed by atoms with Crippen LogP contribution in [0.5, 0.6) is 0 Å². The van der Waals surface area contributed by atoms with Crippen LogP contribution in [0.4, 0.5) is 0 Å². The van der Waals surface area contributed by atoms with Gasteiger partial charge in [-0.3, -0.25) is 0 Å². The molecule has 82 valence electrons. The number of aryl methyl sites for hydroxylation is 1. The smallest absolute Gasteiger partial charge is 0.225 e. The van der Waals surface area contributed by atoms with Crippen LogP contribution in [0.1, 0.15) is 12.7 Å². The fourth-order valence-electron chi connectivity index (χ4n) is 2.60. The van der Waals surface area contributed by atoms with Crippen molar-refractivity contribution in [3.63, 3.8) is 0 Å². The number of rotatable bonds is 3. The molecule has 0 aromatic carbocycles. The molecule has 1 aliphatic carbocycles. The summed E-state index contributed by atoms with van der Waals surface area (Å²) < 4.78 is 7.42. The molecule has 0 radical (unpaired) electrons. The first-order valence-corrected chi connectivity index (χ1v) is 5.84. The lowest BCUT2D eigenvalue weighted by Gasteiger charge is -2.08. The molecule has 0 amide bonds. The average molecular weight is 228 g/mol. The van der Waals surface area contributed by atoms with E-state index in [2.05, 4.69) is 17.1 Å². The molecule has 1 saturated heterocycles. The summed E-state index contributed by atoms with van der Waals surface area (Å²) in [6.07, 6.45) is 0.887. The molecule has 2 unspecified atom stereocenters. The van der Waals surface area contributed by atoms with E-state index in [4.69, 9.17) is 16.3 Å². The van der Waals surface area contributed by atoms with Crippen LogP contribution in [0.3, 0.4) is 0 Å². The van der Waals surface area contributed by atoms with Gasteiger partial charge < -0.3 is 9.30 Å². The van der Waals surface area contributed by atoms with E-state index in [-0.39, 0.29) is 0 Å². The van der Waals surface area contributed by atoms with Crippen LogP contribution >= 0.6 is 11.6 Å². The van der Waals surface area contributed by atoms with Crippen LogP contribution in [-0.4, -0.2) is 28.0 Å². The summed E-state index contributed by atoms with van der Waals surface area (Å²) in [6.45, 7) is 4.90. The minimum absolute atomic E-state index is 0.526. The monoisotopic (exact) mass is 227 g/mol. The van der Waals surface area contributed by atoms with Gasteiger partial charge in [-0.25, -0.2) is 0 Å². The highest BCUT2D eigenvalue weighted by Gasteiger charge is 2.53. The molecule has 1 aliphatic heterocycles. The van der Waals surface area contributed by atoms with Crippen molar-refractivity contribution in [3.8, 4) is 0 Å². The Morgan fingerprint density at radius 2 is 2.13 bits per heavy atom. The van der Waals surface area contributed by atoms with E-state index in [0.29, 0.717) is 5.28 Å². The van der Waals surface area contributed by atoms with Crippen LogP contribution in [0.15, 0.2) is 0 Å². The number of aromatic nitrogens is 3. The first-order valence-electron chi connectivity index (χ1n) is 5.46. The van der Waals surface area contributed by atoms with Crippen LogP contribution in [0.2, 0.25) is 5.28 Å². The summed E-state index contributed by atoms with van der Waals surface area (Å²) >= 11 is 6.01. The number of hydrogen-bond donors (Lipinski definition) is 0. The molecule has 0 spiro atoms. The standard InChI is InChI=1S/C10H14ClN3O/c1-2-9-12-13-10(11)14(9)3-6-7-4-15-5-8(6)7/h6-8H,2-5H2,1H3. The molecule has 4 nitrogen and oxygen atoms in total. The minimum Gasteiger partial charge on any atom is -0.381 e. The first kappa shape index (κ1) is 9.60. The van der Waals surface area contributed by atoms with Gasteiger partial charge in [-0.05, 0) is 29.4 Å². The lowest BCUT2D eigenvalue weighted by Crippen LogP contribution is -2.09. The van der Waals surface area contributed by atoms with Gasteiger partial charge in [0.15, 0.2) is 0 Å². The zero-order chi connectivity index (χ0) is 10.4. The number of hydrogen-bond acceptors (Lipinski definition) is 3. The Hall–Kier alpha value is -0.610. The Labute approximate surface area is 93.6 Å². The minimum atomic E-state index is 0.526. The lowest BCUT2D eigenvalue weighted by molar-refractivity contribution is 0.148. The summed E-state index contributed by atoms with van der Waals surface area (Å²) in [6, 6.07) is 0. The maximum absolute atomic E-state index is 6.01. The second kappa shape index (κ2) is 3.46. The Morgan fingerprint density at radius 3 is 2.80 bits per heavy atom. The van der Waals surface area contributed by atoms with Gasteiger partial charge in [-0.15, -0.1) is 10.2 Å². The molecule has 1 saturated carbocycles. The topological polar surface area (TPSA) is 39.9 Å². The Balaban J connectivity index is 1.74. The van der Waals surface area contributed by atoms with Gasteiger partial charge in [0, 0.05) is 13.0 Å². The number of nitrogens with zero attached hydrogens (tertiary/aromatic N) is 3. The van der Waals surface area contributed by atoms with Gasteiger partial charge in [0.05, 0.1) is 13.2 Å². The molecule has 5 heteroatoms. The molecule has 3 rings (SSSR count). The molecule has 2 fully saturated rings. The fourth-order valence-corrected chi connectivity index (χ4v) is 2.80. The number of halogens is 1. The van der Waals surface area contributed by atoms with Crippen molar-refractivity contribution in [2.75, 3.05) is 13.2 Å². The zero-order valence-corrected chi connectivity index (χ0v) is 9.44. The van der Waals surface area contributed by atoms with Crippen molar-refractivity contribution in [2.45, 2.75) is 19.9 Å². The Morgan fingerprint density at radius 1 is 1.40 bits per heavy atom. The van der Waals surface area contributed by atoms with Gasteiger partial charge in [0.25, 0.3) is 0 Å². The van der Waals surface area contributed by atoms with Gasteiger partial charge in [-0.1, -0.05) is 6.92 Å². The lowest BCUT2D eigenvalue weighted by atomic mass is 10.3. The van der Waals surface area contributed by atoms with E-state index in [0.717, 1.165) is 49.8 Å². The van der Waals surface area contributed by atoms with Crippen molar-refractivity contribution in [1.29, 1.82) is 0 Å². The number of fused-ring (bicyclic) bond motifs is 1. The first-order chi connectivity index (χ1) is 7.31. The summed E-state index contributed by atoms with van der Waals surface area (Å²) in [4.78, 5) is 0. The fraction of sp³-hybridized carbons (Fsp3) is 0.800. The quantitative estimate of drug-likeness (QED) is 0.784. The van der Waals surface area contributed by atoms with E-state index in [1.165, 1.54) is 0 Å². The highest BCUT2D eigenvalue weighted by molar-refractivity contribution is 6.28. The maximum atomic E-state index is 6.01. The molecule has 2 aliphatic rings. The second-order valence-electron chi connectivity index (χ2n) is 4.38. The van der Waals surface area contributed by atoms with E-state index >= 15 is 0 Å². The van der Waals surface area contributed by atoms with Crippen LogP contribution in [0.25, 0.3) is 0 Å². The Kier molecular flexibility index (Phi) is 2.21. The molecule has 1 aromatic rings. The van der Waals surface area contributed by atoms with Crippen molar-refractivity contribution >= 4 is 11.6 Å². The van der Waals surface area contributed by atoms with E-state index < -0.39 is 0 Å². The molecular weight excluding hydrogens is 214 g/mol. The third kappa shape index (κ3) is 1.47. The van der Waals surface area contributed by atoms with Crippen LogP contribution in [-0.2, 0) is 17.7 Å². The maximum Gasteiger partial charge on any atom is 0.225 e.